The van der Waals surface area contributed by atoms with Crippen LogP contribution in [0.2, 0.25) is 0 Å². The van der Waals surface area contributed by atoms with E-state index < -0.39 is 24.7 Å². The van der Waals surface area contributed by atoms with E-state index in [0.29, 0.717) is 49.3 Å². The van der Waals surface area contributed by atoms with E-state index in [9.17, 15) is 10.3 Å². The molecule has 10 heteroatoms. The molecule has 43 heavy (non-hydrogen) atoms. The Morgan fingerprint density at radius 1 is 1.02 bits per heavy atom. The van der Waals surface area contributed by atoms with Crippen LogP contribution in [-0.4, -0.2) is 94.1 Å². The third-order valence-corrected chi connectivity index (χ3v) is 8.02. The second kappa shape index (κ2) is 20.3. The van der Waals surface area contributed by atoms with Gasteiger partial charge in [-0.25, -0.2) is 0 Å². The highest BCUT2D eigenvalue weighted by Crippen LogP contribution is 2.32. The fraction of sp³-hybridized carbons (Fsp3) is 0.758. The Bertz CT molecular complexity index is 896. The van der Waals surface area contributed by atoms with Crippen molar-refractivity contribution in [2.45, 2.75) is 90.9 Å². The van der Waals surface area contributed by atoms with E-state index in [1.807, 2.05) is 32.0 Å². The highest BCUT2D eigenvalue weighted by molar-refractivity contribution is 5.43. The number of hydroxylamine groups is 2. The van der Waals surface area contributed by atoms with Gasteiger partial charge in [0.2, 0.25) is 0 Å². The Balaban J connectivity index is 2.25. The van der Waals surface area contributed by atoms with Gasteiger partial charge in [-0.3, -0.25) is 10.1 Å². The summed E-state index contributed by atoms with van der Waals surface area (Å²) >= 11 is 0. The van der Waals surface area contributed by atoms with Crippen molar-refractivity contribution in [1.82, 2.24) is 10.1 Å². The fourth-order valence-electron chi connectivity index (χ4n) is 5.38. The second-order valence-electron chi connectivity index (χ2n) is 12.1. The summed E-state index contributed by atoms with van der Waals surface area (Å²) in [6.07, 6.45) is 4.19. The molecular weight excluding hydrogens is 552 g/mol. The number of hydrogen-bond acceptors (Lipinski definition) is 10. The summed E-state index contributed by atoms with van der Waals surface area (Å²) < 4.78 is 27.9. The molecule has 2 rings (SSSR count). The Kier molecular flexibility index (Phi) is 17.7. The number of aliphatic hydroxyl groups excluding tert-OH is 1. The lowest BCUT2D eigenvalue weighted by Gasteiger charge is -2.43. The topological polar surface area (TPSA) is 105 Å². The minimum absolute atomic E-state index is 0.0420. The van der Waals surface area contributed by atoms with Gasteiger partial charge in [0, 0.05) is 45.8 Å². The number of nitrogens with zero attached hydrogens (tertiary/aromatic N) is 2. The van der Waals surface area contributed by atoms with Crippen LogP contribution in [0, 0.1) is 23.0 Å². The van der Waals surface area contributed by atoms with Crippen molar-refractivity contribution in [2.24, 2.45) is 17.8 Å². The van der Waals surface area contributed by atoms with E-state index in [1.54, 1.807) is 21.3 Å². The van der Waals surface area contributed by atoms with Crippen molar-refractivity contribution in [3.05, 3.63) is 41.6 Å². The van der Waals surface area contributed by atoms with Gasteiger partial charge in [-0.2, -0.15) is 0 Å². The predicted octanol–water partition coefficient (Wildman–Crippen LogP) is 5.42. The minimum Gasteiger partial charge on any atom is -0.762 e. The lowest BCUT2D eigenvalue weighted by atomic mass is 9.83. The maximum absolute atomic E-state index is 13.7. The number of likely N-dealkylation sites (tertiary alicyclic amines) is 1. The lowest BCUT2D eigenvalue weighted by molar-refractivity contribution is -0.310. The number of hydrogen-bond donors (Lipinski definition) is 1. The van der Waals surface area contributed by atoms with Gasteiger partial charge in [0.25, 0.3) is 0 Å². The quantitative estimate of drug-likeness (QED) is 0.0793. The van der Waals surface area contributed by atoms with Crippen molar-refractivity contribution >= 4 is 0 Å². The number of ether oxygens (including phenoxy) is 5. The molecule has 5 atom stereocenters. The highest BCUT2D eigenvalue weighted by atomic mass is 16.9. The molecule has 1 aromatic carbocycles. The van der Waals surface area contributed by atoms with Crippen LogP contribution in [0.3, 0.4) is 0 Å². The zero-order valence-corrected chi connectivity index (χ0v) is 27.5. The molecule has 1 aliphatic heterocycles. The molecule has 248 valence electrons. The zero-order chi connectivity index (χ0) is 31.8. The molecule has 1 aromatic rings. The SMILES string of the molecule is C=C[C@H](O[C@H](OC)C(C)C)ON([O-])[C@@H](C[C@H](Cc1ccc(OC)c(OCCCOC)c1)C(C)C)[C@@H](O)CN1CCCCC1. The smallest absolute Gasteiger partial charge is 0.197 e. The van der Waals surface area contributed by atoms with Crippen molar-refractivity contribution < 1.29 is 33.6 Å². The number of piperidine rings is 1. The second-order valence-corrected chi connectivity index (χ2v) is 12.1. The molecule has 10 nitrogen and oxygen atoms in total. The zero-order valence-electron chi connectivity index (χ0n) is 27.5. The normalized spacial score (nSPS) is 18.0. The monoisotopic (exact) mass is 609 g/mol. The van der Waals surface area contributed by atoms with E-state index in [2.05, 4.69) is 25.3 Å². The molecule has 0 aliphatic carbocycles. The first kappa shape index (κ1) is 37.4. The molecule has 0 spiro atoms. The summed E-state index contributed by atoms with van der Waals surface area (Å²) in [7, 11) is 4.85. The van der Waals surface area contributed by atoms with Crippen LogP contribution in [0.4, 0.5) is 0 Å². The van der Waals surface area contributed by atoms with Crippen LogP contribution in [-0.2, 0) is 25.5 Å². The van der Waals surface area contributed by atoms with Crippen LogP contribution < -0.4 is 9.47 Å². The van der Waals surface area contributed by atoms with Gasteiger partial charge in [-0.15, -0.1) is 0 Å². The van der Waals surface area contributed by atoms with E-state index in [4.69, 9.17) is 28.5 Å². The summed E-state index contributed by atoms with van der Waals surface area (Å²) in [5.41, 5.74) is 1.07. The maximum atomic E-state index is 13.7. The molecule has 1 N–H and O–H groups in total. The molecule has 0 bridgehead atoms. The van der Waals surface area contributed by atoms with Crippen LogP contribution in [0.5, 0.6) is 11.5 Å². The van der Waals surface area contributed by atoms with E-state index in [0.717, 1.165) is 37.9 Å². The molecule has 0 saturated carbocycles. The summed E-state index contributed by atoms with van der Waals surface area (Å²) in [5.74, 6) is 1.69. The fourth-order valence-corrected chi connectivity index (χ4v) is 5.38. The number of methoxy groups -OCH3 is 3. The predicted molar refractivity (Wildman–Crippen MR) is 169 cm³/mol. The number of benzene rings is 1. The summed E-state index contributed by atoms with van der Waals surface area (Å²) in [6.45, 7) is 15.4. The number of β-amino-alcohol motifs (C(OH)–C–C–N with tert-alkyl or cyclic N) is 1. The number of rotatable bonds is 22. The summed E-state index contributed by atoms with van der Waals surface area (Å²) in [5, 5.41) is 25.7. The molecule has 0 aromatic heterocycles. The molecule has 1 saturated heterocycles. The van der Waals surface area contributed by atoms with Gasteiger partial charge < -0.3 is 38.9 Å². The van der Waals surface area contributed by atoms with Gasteiger partial charge in [0.05, 0.1) is 19.8 Å². The van der Waals surface area contributed by atoms with E-state index >= 15 is 0 Å². The van der Waals surface area contributed by atoms with Gasteiger partial charge in [-0.05, 0) is 74.4 Å². The summed E-state index contributed by atoms with van der Waals surface area (Å²) in [4.78, 5) is 7.96. The molecule has 0 radical (unpaired) electrons. The average molecular weight is 610 g/mol. The standard InChI is InChI=1S/C33H57N2O8/c1-9-32(42-33(40-8)25(4)5)43-35(37)28(29(36)23-34-16-11-10-12-17-34)22-27(24(2)3)20-26-14-15-30(39-7)31(21-26)41-19-13-18-38-6/h9,14-15,21,24-25,27-29,32-33,36H,1,10-13,16-20,22-23H2,2-8H3/q-1/t27-,28-,29-,32+,33-/m0/s1. The van der Waals surface area contributed by atoms with Crippen molar-refractivity contribution in [3.63, 3.8) is 0 Å². The van der Waals surface area contributed by atoms with E-state index in [1.165, 1.54) is 12.5 Å². The Morgan fingerprint density at radius 2 is 1.74 bits per heavy atom. The van der Waals surface area contributed by atoms with Crippen LogP contribution in [0.1, 0.15) is 65.4 Å². The van der Waals surface area contributed by atoms with Gasteiger partial charge in [0.15, 0.2) is 24.1 Å². The van der Waals surface area contributed by atoms with Crippen molar-refractivity contribution in [2.75, 3.05) is 54.2 Å². The maximum Gasteiger partial charge on any atom is 0.197 e. The van der Waals surface area contributed by atoms with Gasteiger partial charge in [-0.1, -0.05) is 46.8 Å². The first-order valence-corrected chi connectivity index (χ1v) is 15.8. The highest BCUT2D eigenvalue weighted by Gasteiger charge is 2.31. The van der Waals surface area contributed by atoms with Crippen molar-refractivity contribution in [3.8, 4) is 11.5 Å². The first-order chi connectivity index (χ1) is 20.6. The first-order valence-electron chi connectivity index (χ1n) is 15.8. The van der Waals surface area contributed by atoms with Crippen LogP contribution >= 0.6 is 0 Å². The largest absolute Gasteiger partial charge is 0.762 e. The van der Waals surface area contributed by atoms with Crippen LogP contribution in [0.15, 0.2) is 30.9 Å². The Hall–Kier alpha value is -1.76. The molecule has 1 aliphatic rings. The van der Waals surface area contributed by atoms with E-state index in [-0.39, 0.29) is 17.8 Å². The third-order valence-electron chi connectivity index (χ3n) is 8.02. The molecule has 1 heterocycles. The van der Waals surface area contributed by atoms with Crippen LogP contribution in [0.25, 0.3) is 0 Å². The Morgan fingerprint density at radius 3 is 2.33 bits per heavy atom. The summed E-state index contributed by atoms with van der Waals surface area (Å²) in [6, 6.07) is 5.13. The minimum atomic E-state index is -1.02. The molecule has 0 amide bonds. The lowest BCUT2D eigenvalue weighted by Crippen LogP contribution is -2.49. The van der Waals surface area contributed by atoms with Gasteiger partial charge >= 0.3 is 0 Å². The average Bonchev–Trinajstić information content (AvgIpc) is 2.99. The molecule has 1 fully saturated rings. The molecule has 0 unspecified atom stereocenters. The molecular formula is C33H57N2O8-. The van der Waals surface area contributed by atoms with Crippen molar-refractivity contribution in [1.29, 1.82) is 0 Å². The Labute approximate surface area is 259 Å². The van der Waals surface area contributed by atoms with Gasteiger partial charge in [0.1, 0.15) is 0 Å². The number of aliphatic hydroxyl groups is 1. The third kappa shape index (κ3) is 13.0.